The van der Waals surface area contributed by atoms with Crippen LogP contribution in [0.15, 0.2) is 52.9 Å². The Morgan fingerprint density at radius 3 is 2.84 bits per heavy atom. The van der Waals surface area contributed by atoms with E-state index in [4.69, 9.17) is 0 Å². The Balaban J connectivity index is 1.55. The molecule has 3 heterocycles. The van der Waals surface area contributed by atoms with E-state index in [0.717, 1.165) is 12.8 Å². The monoisotopic (exact) mass is 436 g/mol. The summed E-state index contributed by atoms with van der Waals surface area (Å²) in [7, 11) is 0. The van der Waals surface area contributed by atoms with Gasteiger partial charge in [0.25, 0.3) is 11.5 Å². The Hall–Kier alpha value is -3.26. The Morgan fingerprint density at radius 1 is 1.23 bits per heavy atom. The minimum atomic E-state index is -0.365. The largest absolute Gasteiger partial charge is 0.332 e. The lowest BCUT2D eigenvalue weighted by atomic mass is 9.97. The number of likely N-dealkylation sites (tertiary alicyclic amines) is 1. The number of hydrogen-bond acceptors (Lipinski definition) is 5. The summed E-state index contributed by atoms with van der Waals surface area (Å²) in [5.74, 6) is -0.492. The molecule has 0 spiro atoms. The first-order chi connectivity index (χ1) is 14.9. The van der Waals surface area contributed by atoms with Crippen molar-refractivity contribution >= 4 is 28.3 Å². The quantitative estimate of drug-likeness (QED) is 0.663. The summed E-state index contributed by atoms with van der Waals surface area (Å²) in [6, 6.07) is 9.21. The van der Waals surface area contributed by atoms with Gasteiger partial charge in [-0.15, -0.1) is 11.3 Å². The minimum Gasteiger partial charge on any atom is -0.332 e. The molecule has 31 heavy (non-hydrogen) atoms. The molecular formula is C23H24N4O3S. The summed E-state index contributed by atoms with van der Waals surface area (Å²) in [5.41, 5.74) is 3.57. The number of thiazole rings is 1. The highest BCUT2D eigenvalue weighted by atomic mass is 32.1. The number of carbonyl (C=O) groups excluding carboxylic acids is 2. The Labute approximate surface area is 184 Å². The second-order valence-corrected chi connectivity index (χ2v) is 8.68. The zero-order valence-electron chi connectivity index (χ0n) is 17.5. The average molecular weight is 437 g/mol. The van der Waals surface area contributed by atoms with E-state index in [1.54, 1.807) is 17.6 Å². The molecule has 2 amide bonds. The third-order valence-electron chi connectivity index (χ3n) is 5.53. The van der Waals surface area contributed by atoms with Crippen molar-refractivity contribution in [3.8, 4) is 0 Å². The summed E-state index contributed by atoms with van der Waals surface area (Å²) < 4.78 is 1.26. The van der Waals surface area contributed by atoms with E-state index < -0.39 is 0 Å². The first kappa shape index (κ1) is 21.0. The molecule has 7 nitrogen and oxygen atoms in total. The first-order valence-corrected chi connectivity index (χ1v) is 11.1. The number of pyridine rings is 1. The van der Waals surface area contributed by atoms with Crippen LogP contribution in [0.25, 0.3) is 0 Å². The number of carbonyl (C=O) groups is 2. The highest BCUT2D eigenvalue weighted by Gasteiger charge is 2.31. The van der Waals surface area contributed by atoms with Crippen molar-refractivity contribution < 1.29 is 9.59 Å². The number of nitrogens with one attached hydrogen (secondary N) is 1. The van der Waals surface area contributed by atoms with Gasteiger partial charge in [0.2, 0.25) is 5.91 Å². The molecule has 1 atom stereocenters. The molecule has 1 aliphatic rings. The number of aromatic nitrogens is 2. The predicted molar refractivity (Wildman–Crippen MR) is 120 cm³/mol. The summed E-state index contributed by atoms with van der Waals surface area (Å²) in [5, 5.41) is 4.88. The molecule has 1 aliphatic heterocycles. The van der Waals surface area contributed by atoms with Gasteiger partial charge in [-0.3, -0.25) is 14.4 Å². The van der Waals surface area contributed by atoms with Gasteiger partial charge in [0.1, 0.15) is 6.54 Å². The third kappa shape index (κ3) is 4.59. The van der Waals surface area contributed by atoms with Gasteiger partial charge in [0.05, 0.1) is 11.6 Å². The standard InChI is InChI=1S/C23H24N4O3S/c1-15-5-6-16(2)18(12-15)19-4-3-10-27(19)22(30)17-7-8-21(29)26(13-17)14-20(28)25-23-24-9-11-31-23/h5-9,11-13,19H,3-4,10,14H2,1-2H3,(H,24,25,28)/t19-/m0/s1. The van der Waals surface area contributed by atoms with Crippen molar-refractivity contribution in [3.63, 3.8) is 0 Å². The lowest BCUT2D eigenvalue weighted by Gasteiger charge is -2.27. The average Bonchev–Trinajstić information content (AvgIpc) is 3.43. The van der Waals surface area contributed by atoms with E-state index in [9.17, 15) is 14.4 Å². The fourth-order valence-electron chi connectivity index (χ4n) is 4.00. The molecular weight excluding hydrogens is 412 g/mol. The van der Waals surface area contributed by atoms with Crippen LogP contribution in [0.2, 0.25) is 0 Å². The van der Waals surface area contributed by atoms with Crippen molar-refractivity contribution in [2.24, 2.45) is 0 Å². The predicted octanol–water partition coefficient (Wildman–Crippen LogP) is 3.54. The third-order valence-corrected chi connectivity index (χ3v) is 6.22. The van der Waals surface area contributed by atoms with E-state index in [2.05, 4.69) is 42.3 Å². The Bertz CT molecular complexity index is 1170. The molecule has 1 N–H and O–H groups in total. The van der Waals surface area contributed by atoms with Crippen LogP contribution in [0.1, 0.15) is 45.9 Å². The lowest BCUT2D eigenvalue weighted by Crippen LogP contribution is -2.33. The van der Waals surface area contributed by atoms with Gasteiger partial charge >= 0.3 is 0 Å². The fraction of sp³-hybridized carbons (Fsp3) is 0.304. The van der Waals surface area contributed by atoms with Gasteiger partial charge in [-0.25, -0.2) is 4.98 Å². The van der Waals surface area contributed by atoms with Gasteiger partial charge in [-0.05, 0) is 43.9 Å². The Morgan fingerprint density at radius 2 is 2.06 bits per heavy atom. The molecule has 1 aromatic carbocycles. The SMILES string of the molecule is Cc1ccc(C)c([C@@H]2CCCN2C(=O)c2ccc(=O)n(CC(=O)Nc3nccs3)c2)c1. The second kappa shape index (κ2) is 8.85. The molecule has 2 aromatic heterocycles. The number of nitrogens with zero attached hydrogens (tertiary/aromatic N) is 3. The second-order valence-electron chi connectivity index (χ2n) is 7.79. The van der Waals surface area contributed by atoms with Crippen LogP contribution >= 0.6 is 11.3 Å². The van der Waals surface area contributed by atoms with E-state index in [-0.39, 0.29) is 30.0 Å². The lowest BCUT2D eigenvalue weighted by molar-refractivity contribution is -0.116. The molecule has 8 heteroatoms. The number of amides is 2. The fourth-order valence-corrected chi connectivity index (χ4v) is 4.54. The van der Waals surface area contributed by atoms with E-state index in [1.807, 2.05) is 4.90 Å². The number of benzene rings is 1. The highest BCUT2D eigenvalue weighted by molar-refractivity contribution is 7.13. The van der Waals surface area contributed by atoms with Crippen LogP contribution in [-0.2, 0) is 11.3 Å². The summed E-state index contributed by atoms with van der Waals surface area (Å²) in [6.07, 6.45) is 4.91. The van der Waals surface area contributed by atoms with Crippen molar-refractivity contribution in [2.75, 3.05) is 11.9 Å². The highest BCUT2D eigenvalue weighted by Crippen LogP contribution is 2.35. The molecule has 1 saturated heterocycles. The van der Waals surface area contributed by atoms with Gasteiger partial charge in [0.15, 0.2) is 5.13 Å². The molecule has 0 unspecified atom stereocenters. The van der Waals surface area contributed by atoms with E-state index in [0.29, 0.717) is 17.2 Å². The minimum absolute atomic E-state index is 0.0148. The molecule has 0 aliphatic carbocycles. The molecule has 0 bridgehead atoms. The maximum Gasteiger partial charge on any atom is 0.255 e. The van der Waals surface area contributed by atoms with Crippen LogP contribution in [0, 0.1) is 13.8 Å². The smallest absolute Gasteiger partial charge is 0.255 e. The topological polar surface area (TPSA) is 84.3 Å². The summed E-state index contributed by atoms with van der Waals surface area (Å²) >= 11 is 1.30. The molecule has 1 fully saturated rings. The number of rotatable bonds is 5. The van der Waals surface area contributed by atoms with Crippen LogP contribution in [0.5, 0.6) is 0 Å². The number of anilines is 1. The van der Waals surface area contributed by atoms with E-state index in [1.165, 1.54) is 44.9 Å². The van der Waals surface area contributed by atoms with Crippen LogP contribution in [0.4, 0.5) is 5.13 Å². The molecule has 0 radical (unpaired) electrons. The summed E-state index contributed by atoms with van der Waals surface area (Å²) in [6.45, 7) is 4.61. The van der Waals surface area contributed by atoms with Gasteiger partial charge in [-0.2, -0.15) is 0 Å². The van der Waals surface area contributed by atoms with Crippen molar-refractivity contribution in [3.05, 3.63) is 80.7 Å². The van der Waals surface area contributed by atoms with Crippen molar-refractivity contribution in [1.29, 1.82) is 0 Å². The molecule has 3 aromatic rings. The maximum atomic E-state index is 13.3. The Kier molecular flexibility index (Phi) is 5.99. The van der Waals surface area contributed by atoms with Crippen molar-refractivity contribution in [1.82, 2.24) is 14.5 Å². The zero-order chi connectivity index (χ0) is 22.0. The maximum absolute atomic E-state index is 13.3. The normalized spacial score (nSPS) is 15.8. The van der Waals surface area contributed by atoms with Gasteiger partial charge in [-0.1, -0.05) is 23.8 Å². The van der Waals surface area contributed by atoms with Crippen LogP contribution in [-0.4, -0.2) is 32.8 Å². The molecule has 160 valence electrons. The van der Waals surface area contributed by atoms with Gasteiger partial charge in [0, 0.05) is 30.4 Å². The molecule has 0 saturated carbocycles. The zero-order valence-corrected chi connectivity index (χ0v) is 18.3. The number of hydrogen-bond donors (Lipinski definition) is 1. The van der Waals surface area contributed by atoms with Crippen LogP contribution < -0.4 is 10.9 Å². The van der Waals surface area contributed by atoms with Crippen molar-refractivity contribution in [2.45, 2.75) is 39.3 Å². The van der Waals surface area contributed by atoms with Gasteiger partial charge < -0.3 is 14.8 Å². The van der Waals surface area contributed by atoms with E-state index >= 15 is 0 Å². The molecule has 4 rings (SSSR count). The number of aryl methyl sites for hydroxylation is 2. The summed E-state index contributed by atoms with van der Waals surface area (Å²) in [4.78, 5) is 43.8. The first-order valence-electron chi connectivity index (χ1n) is 10.2. The van der Waals surface area contributed by atoms with Crippen LogP contribution in [0.3, 0.4) is 0 Å².